The lowest BCUT2D eigenvalue weighted by Crippen LogP contribution is -2.49. The Labute approximate surface area is 141 Å². The van der Waals surface area contributed by atoms with E-state index in [0.717, 1.165) is 56.4 Å². The Morgan fingerprint density at radius 1 is 1.26 bits per heavy atom. The fraction of sp³-hybridized carbons (Fsp3) is 0.529. The van der Waals surface area contributed by atoms with Crippen molar-refractivity contribution < 1.29 is 4.79 Å². The number of aryl methyl sites for hydroxylation is 2. The number of hydrogen-bond acceptors (Lipinski definition) is 4. The molecule has 0 unspecified atom stereocenters. The standard InChI is InChI=1S/C17H24N4OS/c1-3-16-18-4-5-20(16)9-6-19-7-10-21(11-8-19)17(22)15-12-14(2)13-23-15/h4-5,12-13H,3,6-11H2,1-2H3. The van der Waals surface area contributed by atoms with Gasteiger partial charge in [0.25, 0.3) is 5.91 Å². The highest BCUT2D eigenvalue weighted by molar-refractivity contribution is 7.12. The summed E-state index contributed by atoms with van der Waals surface area (Å²) >= 11 is 1.55. The second-order valence-corrected chi connectivity index (χ2v) is 6.92. The topological polar surface area (TPSA) is 41.4 Å². The summed E-state index contributed by atoms with van der Waals surface area (Å²) in [6.45, 7) is 9.70. The van der Waals surface area contributed by atoms with Crippen molar-refractivity contribution in [2.75, 3.05) is 32.7 Å². The zero-order chi connectivity index (χ0) is 16.2. The van der Waals surface area contributed by atoms with Crippen molar-refractivity contribution in [1.29, 1.82) is 0 Å². The van der Waals surface area contributed by atoms with Gasteiger partial charge in [-0.25, -0.2) is 4.98 Å². The molecule has 0 N–H and O–H groups in total. The van der Waals surface area contributed by atoms with Crippen LogP contribution in [-0.4, -0.2) is 58.0 Å². The molecular formula is C17H24N4OS. The fourth-order valence-electron chi connectivity index (χ4n) is 2.98. The van der Waals surface area contributed by atoms with Gasteiger partial charge >= 0.3 is 0 Å². The van der Waals surface area contributed by atoms with Crippen molar-refractivity contribution in [3.8, 4) is 0 Å². The van der Waals surface area contributed by atoms with Crippen LogP contribution < -0.4 is 0 Å². The summed E-state index contributed by atoms with van der Waals surface area (Å²) in [5.74, 6) is 1.33. The summed E-state index contributed by atoms with van der Waals surface area (Å²) in [5, 5.41) is 2.04. The molecule has 0 aliphatic carbocycles. The number of carbonyl (C=O) groups excluding carboxylic acids is 1. The third kappa shape index (κ3) is 3.82. The number of hydrogen-bond donors (Lipinski definition) is 0. The van der Waals surface area contributed by atoms with Gasteiger partial charge in [-0.15, -0.1) is 11.3 Å². The minimum absolute atomic E-state index is 0.186. The molecule has 3 heterocycles. The lowest BCUT2D eigenvalue weighted by molar-refractivity contribution is 0.0637. The van der Waals surface area contributed by atoms with E-state index in [1.807, 2.05) is 29.5 Å². The molecule has 0 spiro atoms. The van der Waals surface area contributed by atoms with E-state index in [1.54, 1.807) is 11.3 Å². The number of carbonyl (C=O) groups is 1. The summed E-state index contributed by atoms with van der Waals surface area (Å²) in [6.07, 6.45) is 4.89. The van der Waals surface area contributed by atoms with Crippen molar-refractivity contribution in [3.63, 3.8) is 0 Å². The molecule has 23 heavy (non-hydrogen) atoms. The van der Waals surface area contributed by atoms with Gasteiger partial charge in [-0.3, -0.25) is 9.69 Å². The van der Waals surface area contributed by atoms with Crippen molar-refractivity contribution in [2.45, 2.75) is 26.8 Å². The van der Waals surface area contributed by atoms with Crippen molar-refractivity contribution in [1.82, 2.24) is 19.4 Å². The maximum Gasteiger partial charge on any atom is 0.264 e. The minimum atomic E-state index is 0.186. The second kappa shape index (κ2) is 7.27. The number of amides is 1. The van der Waals surface area contributed by atoms with Crippen molar-refractivity contribution in [3.05, 3.63) is 40.1 Å². The maximum absolute atomic E-state index is 12.5. The zero-order valence-corrected chi connectivity index (χ0v) is 14.7. The van der Waals surface area contributed by atoms with Crippen LogP contribution in [0, 0.1) is 6.92 Å². The molecule has 3 rings (SSSR count). The Morgan fingerprint density at radius 3 is 2.70 bits per heavy atom. The first-order chi connectivity index (χ1) is 11.2. The lowest BCUT2D eigenvalue weighted by atomic mass is 10.2. The number of nitrogens with zero attached hydrogens (tertiary/aromatic N) is 4. The van der Waals surface area contributed by atoms with Gasteiger partial charge < -0.3 is 9.47 Å². The van der Waals surface area contributed by atoms with E-state index in [1.165, 1.54) is 5.56 Å². The van der Waals surface area contributed by atoms with E-state index in [-0.39, 0.29) is 5.91 Å². The number of thiophene rings is 1. The van der Waals surface area contributed by atoms with E-state index in [9.17, 15) is 4.79 Å². The normalized spacial score (nSPS) is 16.0. The highest BCUT2D eigenvalue weighted by Crippen LogP contribution is 2.17. The highest BCUT2D eigenvalue weighted by atomic mass is 32.1. The van der Waals surface area contributed by atoms with Gasteiger partial charge in [0.2, 0.25) is 0 Å². The molecule has 1 fully saturated rings. The first-order valence-electron chi connectivity index (χ1n) is 8.24. The molecular weight excluding hydrogens is 308 g/mol. The van der Waals surface area contributed by atoms with Gasteiger partial charge in [-0.2, -0.15) is 0 Å². The van der Waals surface area contributed by atoms with Crippen LogP contribution in [0.25, 0.3) is 0 Å². The first-order valence-corrected chi connectivity index (χ1v) is 9.12. The second-order valence-electron chi connectivity index (χ2n) is 6.01. The fourth-order valence-corrected chi connectivity index (χ4v) is 3.85. The Balaban J connectivity index is 1.48. The van der Waals surface area contributed by atoms with Gasteiger partial charge in [0.15, 0.2) is 0 Å². The van der Waals surface area contributed by atoms with Crippen LogP contribution in [0.3, 0.4) is 0 Å². The van der Waals surface area contributed by atoms with Crippen LogP contribution in [-0.2, 0) is 13.0 Å². The van der Waals surface area contributed by atoms with E-state index in [2.05, 4.69) is 27.6 Å². The summed E-state index contributed by atoms with van der Waals surface area (Å²) in [7, 11) is 0. The minimum Gasteiger partial charge on any atom is -0.335 e. The largest absolute Gasteiger partial charge is 0.335 e. The summed E-state index contributed by atoms with van der Waals surface area (Å²) < 4.78 is 2.23. The number of piperazine rings is 1. The summed E-state index contributed by atoms with van der Waals surface area (Å²) in [4.78, 5) is 22.1. The first kappa shape index (κ1) is 16.2. The van der Waals surface area contributed by atoms with Crippen LogP contribution in [0.2, 0.25) is 0 Å². The molecule has 2 aromatic rings. The predicted molar refractivity (Wildman–Crippen MR) is 93.0 cm³/mol. The van der Waals surface area contributed by atoms with E-state index in [0.29, 0.717) is 0 Å². The Morgan fingerprint density at radius 2 is 2.04 bits per heavy atom. The maximum atomic E-state index is 12.5. The van der Waals surface area contributed by atoms with E-state index >= 15 is 0 Å². The molecule has 2 aromatic heterocycles. The average Bonchev–Trinajstić information content (AvgIpc) is 3.21. The smallest absolute Gasteiger partial charge is 0.264 e. The molecule has 0 aromatic carbocycles. The average molecular weight is 332 g/mol. The van der Waals surface area contributed by atoms with Crippen LogP contribution in [0.15, 0.2) is 23.8 Å². The van der Waals surface area contributed by atoms with Gasteiger partial charge in [-0.1, -0.05) is 6.92 Å². The SMILES string of the molecule is CCc1nccn1CCN1CCN(C(=O)c2cc(C)cs2)CC1. The molecule has 0 saturated carbocycles. The van der Waals surface area contributed by atoms with Crippen molar-refractivity contribution >= 4 is 17.2 Å². The van der Waals surface area contributed by atoms with Gasteiger partial charge in [0, 0.05) is 58.1 Å². The van der Waals surface area contributed by atoms with Crippen LogP contribution >= 0.6 is 11.3 Å². The summed E-state index contributed by atoms with van der Waals surface area (Å²) in [5.41, 5.74) is 1.17. The van der Waals surface area contributed by atoms with Crippen molar-refractivity contribution in [2.24, 2.45) is 0 Å². The molecule has 0 atom stereocenters. The molecule has 124 valence electrons. The molecule has 6 heteroatoms. The number of rotatable bonds is 5. The molecule has 1 aliphatic heterocycles. The van der Waals surface area contributed by atoms with Gasteiger partial charge in [0.05, 0.1) is 4.88 Å². The molecule has 5 nitrogen and oxygen atoms in total. The molecule has 0 radical (unpaired) electrons. The van der Waals surface area contributed by atoms with Crippen LogP contribution in [0.5, 0.6) is 0 Å². The molecule has 1 aliphatic rings. The molecule has 1 saturated heterocycles. The van der Waals surface area contributed by atoms with Gasteiger partial charge in [0.1, 0.15) is 5.82 Å². The summed E-state index contributed by atoms with van der Waals surface area (Å²) in [6, 6.07) is 1.99. The third-order valence-electron chi connectivity index (χ3n) is 4.38. The number of aromatic nitrogens is 2. The molecule has 1 amide bonds. The van der Waals surface area contributed by atoms with Crippen LogP contribution in [0.4, 0.5) is 0 Å². The van der Waals surface area contributed by atoms with E-state index in [4.69, 9.17) is 0 Å². The monoisotopic (exact) mass is 332 g/mol. The lowest BCUT2D eigenvalue weighted by Gasteiger charge is -2.34. The van der Waals surface area contributed by atoms with Gasteiger partial charge in [-0.05, 0) is 23.9 Å². The molecule has 0 bridgehead atoms. The Kier molecular flexibility index (Phi) is 5.13. The quantitative estimate of drug-likeness (QED) is 0.843. The third-order valence-corrected chi connectivity index (χ3v) is 5.41. The Hall–Kier alpha value is -1.66. The highest BCUT2D eigenvalue weighted by Gasteiger charge is 2.22. The Bertz CT molecular complexity index is 655. The van der Waals surface area contributed by atoms with E-state index < -0.39 is 0 Å². The predicted octanol–water partition coefficient (Wildman–Crippen LogP) is 2.27. The zero-order valence-electron chi connectivity index (χ0n) is 13.9. The number of imidazole rings is 1. The van der Waals surface area contributed by atoms with Crippen LogP contribution in [0.1, 0.15) is 28.0 Å².